The summed E-state index contributed by atoms with van der Waals surface area (Å²) in [4.78, 5) is 0. The number of nitrogens with one attached hydrogen (secondary N) is 2. The standard InChI is InChI=1S/C15H30N2O2/c1-18-10-7-14(3-4-14)11-17-12-15(13-19-2)5-8-16-9-6-15/h16-17H,3-13H2,1-2H3. The molecular formula is C15H30N2O2. The Labute approximate surface area is 117 Å². The molecule has 1 saturated heterocycles. The summed E-state index contributed by atoms with van der Waals surface area (Å²) in [7, 11) is 3.62. The average Bonchev–Trinajstić information content (AvgIpc) is 3.18. The van der Waals surface area contributed by atoms with E-state index in [1.807, 2.05) is 7.11 Å². The Hall–Kier alpha value is -0.160. The van der Waals surface area contributed by atoms with Gasteiger partial charge in [0.2, 0.25) is 0 Å². The molecule has 0 unspecified atom stereocenters. The third-order valence-corrected chi connectivity index (χ3v) is 4.91. The van der Waals surface area contributed by atoms with Gasteiger partial charge < -0.3 is 20.1 Å². The Morgan fingerprint density at radius 2 is 1.63 bits per heavy atom. The summed E-state index contributed by atoms with van der Waals surface area (Å²) >= 11 is 0. The molecule has 2 fully saturated rings. The molecule has 2 aliphatic rings. The normalized spacial score (nSPS) is 24.3. The van der Waals surface area contributed by atoms with Gasteiger partial charge in [-0.1, -0.05) is 0 Å². The summed E-state index contributed by atoms with van der Waals surface area (Å²) in [6.45, 7) is 6.27. The quantitative estimate of drug-likeness (QED) is 0.665. The van der Waals surface area contributed by atoms with Crippen molar-refractivity contribution in [1.82, 2.24) is 10.6 Å². The van der Waals surface area contributed by atoms with Crippen molar-refractivity contribution in [2.24, 2.45) is 10.8 Å². The van der Waals surface area contributed by atoms with Crippen molar-refractivity contribution in [3.63, 3.8) is 0 Å². The zero-order chi connectivity index (χ0) is 13.6. The molecule has 0 aromatic carbocycles. The van der Waals surface area contributed by atoms with Crippen LogP contribution in [-0.4, -0.2) is 53.6 Å². The van der Waals surface area contributed by atoms with Gasteiger partial charge in [-0.2, -0.15) is 0 Å². The number of hydrogen-bond donors (Lipinski definition) is 2. The first-order chi connectivity index (χ1) is 9.24. The third-order valence-electron chi connectivity index (χ3n) is 4.91. The fourth-order valence-electron chi connectivity index (χ4n) is 3.24. The van der Waals surface area contributed by atoms with Crippen molar-refractivity contribution < 1.29 is 9.47 Å². The van der Waals surface area contributed by atoms with E-state index in [2.05, 4.69) is 10.6 Å². The topological polar surface area (TPSA) is 42.5 Å². The molecule has 0 atom stereocenters. The van der Waals surface area contributed by atoms with Crippen molar-refractivity contribution in [3.8, 4) is 0 Å². The first kappa shape index (κ1) is 15.2. The van der Waals surface area contributed by atoms with Crippen LogP contribution in [0.1, 0.15) is 32.1 Å². The summed E-state index contributed by atoms with van der Waals surface area (Å²) in [5.74, 6) is 0. The predicted molar refractivity (Wildman–Crippen MR) is 77.4 cm³/mol. The fraction of sp³-hybridized carbons (Fsp3) is 1.00. The molecule has 0 aromatic heterocycles. The lowest BCUT2D eigenvalue weighted by Crippen LogP contribution is -2.46. The second-order valence-corrected chi connectivity index (χ2v) is 6.53. The largest absolute Gasteiger partial charge is 0.385 e. The van der Waals surface area contributed by atoms with Crippen molar-refractivity contribution in [2.45, 2.75) is 32.1 Å². The number of methoxy groups -OCH3 is 2. The molecule has 1 saturated carbocycles. The van der Waals surface area contributed by atoms with Gasteiger partial charge in [0.15, 0.2) is 0 Å². The molecule has 1 aliphatic heterocycles. The minimum atomic E-state index is 0.345. The molecule has 0 spiro atoms. The molecule has 0 amide bonds. The van der Waals surface area contributed by atoms with E-state index in [4.69, 9.17) is 9.47 Å². The van der Waals surface area contributed by atoms with E-state index in [1.165, 1.54) is 32.1 Å². The van der Waals surface area contributed by atoms with Crippen molar-refractivity contribution in [1.29, 1.82) is 0 Å². The molecule has 4 heteroatoms. The molecule has 2 rings (SSSR count). The maximum atomic E-state index is 5.46. The highest BCUT2D eigenvalue weighted by Gasteiger charge is 2.42. The van der Waals surface area contributed by atoms with E-state index in [9.17, 15) is 0 Å². The Morgan fingerprint density at radius 1 is 0.947 bits per heavy atom. The van der Waals surface area contributed by atoms with Crippen molar-refractivity contribution >= 4 is 0 Å². The Balaban J connectivity index is 1.73. The van der Waals surface area contributed by atoms with Gasteiger partial charge in [-0.15, -0.1) is 0 Å². The summed E-state index contributed by atoms with van der Waals surface area (Å²) in [5, 5.41) is 7.17. The third kappa shape index (κ3) is 4.42. The molecule has 19 heavy (non-hydrogen) atoms. The zero-order valence-corrected chi connectivity index (χ0v) is 12.6. The van der Waals surface area contributed by atoms with Gasteiger partial charge in [-0.25, -0.2) is 0 Å². The average molecular weight is 270 g/mol. The second kappa shape index (κ2) is 7.02. The van der Waals surface area contributed by atoms with Crippen LogP contribution in [-0.2, 0) is 9.47 Å². The lowest BCUT2D eigenvalue weighted by Gasteiger charge is -2.37. The molecule has 0 bridgehead atoms. The maximum absolute atomic E-state index is 5.46. The van der Waals surface area contributed by atoms with Gasteiger partial charge in [0.25, 0.3) is 0 Å². The summed E-state index contributed by atoms with van der Waals surface area (Å²) < 4.78 is 10.7. The van der Waals surface area contributed by atoms with Gasteiger partial charge in [0.1, 0.15) is 0 Å². The zero-order valence-electron chi connectivity index (χ0n) is 12.6. The van der Waals surface area contributed by atoms with Crippen LogP contribution in [0.15, 0.2) is 0 Å². The smallest absolute Gasteiger partial charge is 0.0531 e. The predicted octanol–water partition coefficient (Wildman–Crippen LogP) is 1.41. The Morgan fingerprint density at radius 3 is 2.21 bits per heavy atom. The molecule has 0 aromatic rings. The Kier molecular flexibility index (Phi) is 5.63. The van der Waals surface area contributed by atoms with Gasteiger partial charge >= 0.3 is 0 Å². The SMILES string of the molecule is COCCC1(CNCC2(COC)CCNCC2)CC1. The number of ether oxygens (including phenoxy) is 2. The van der Waals surface area contributed by atoms with E-state index in [1.54, 1.807) is 7.11 Å². The monoisotopic (exact) mass is 270 g/mol. The van der Waals surface area contributed by atoms with Crippen LogP contribution in [0, 0.1) is 10.8 Å². The number of rotatable bonds is 9. The molecule has 2 N–H and O–H groups in total. The van der Waals surface area contributed by atoms with Crippen molar-refractivity contribution in [2.75, 3.05) is 53.6 Å². The van der Waals surface area contributed by atoms with E-state index >= 15 is 0 Å². The van der Waals surface area contributed by atoms with Gasteiger partial charge in [0.05, 0.1) is 6.61 Å². The summed E-state index contributed by atoms with van der Waals surface area (Å²) in [6, 6.07) is 0. The first-order valence-corrected chi connectivity index (χ1v) is 7.64. The highest BCUT2D eigenvalue weighted by atomic mass is 16.5. The number of piperidine rings is 1. The molecule has 112 valence electrons. The van der Waals surface area contributed by atoms with E-state index in [0.717, 1.165) is 39.4 Å². The first-order valence-electron chi connectivity index (χ1n) is 7.64. The molecule has 0 radical (unpaired) electrons. The van der Waals surface area contributed by atoms with Crippen LogP contribution < -0.4 is 10.6 Å². The van der Waals surface area contributed by atoms with Gasteiger partial charge in [-0.05, 0) is 50.6 Å². The molecule has 1 aliphatic carbocycles. The maximum Gasteiger partial charge on any atom is 0.0531 e. The second-order valence-electron chi connectivity index (χ2n) is 6.53. The van der Waals surface area contributed by atoms with Crippen molar-refractivity contribution in [3.05, 3.63) is 0 Å². The van der Waals surface area contributed by atoms with Gasteiger partial charge in [-0.3, -0.25) is 0 Å². The van der Waals surface area contributed by atoms with Crippen LogP contribution >= 0.6 is 0 Å². The molecular weight excluding hydrogens is 240 g/mol. The van der Waals surface area contributed by atoms with E-state index < -0.39 is 0 Å². The van der Waals surface area contributed by atoms with E-state index in [-0.39, 0.29) is 0 Å². The van der Waals surface area contributed by atoms with E-state index in [0.29, 0.717) is 10.8 Å². The fourth-order valence-corrected chi connectivity index (χ4v) is 3.24. The Bertz CT molecular complexity index is 255. The van der Waals surface area contributed by atoms with Crippen LogP contribution in [0.5, 0.6) is 0 Å². The summed E-state index contributed by atoms with van der Waals surface area (Å²) in [5.41, 5.74) is 0.883. The van der Waals surface area contributed by atoms with Crippen LogP contribution in [0.2, 0.25) is 0 Å². The minimum Gasteiger partial charge on any atom is -0.385 e. The summed E-state index contributed by atoms with van der Waals surface area (Å²) in [6.07, 6.45) is 6.37. The minimum absolute atomic E-state index is 0.345. The van der Waals surface area contributed by atoms with Gasteiger partial charge in [0, 0.05) is 39.3 Å². The number of hydrogen-bond acceptors (Lipinski definition) is 4. The van der Waals surface area contributed by atoms with Crippen LogP contribution in [0.4, 0.5) is 0 Å². The van der Waals surface area contributed by atoms with Crippen LogP contribution in [0.3, 0.4) is 0 Å². The molecule has 1 heterocycles. The van der Waals surface area contributed by atoms with Crippen LogP contribution in [0.25, 0.3) is 0 Å². The highest BCUT2D eigenvalue weighted by Crippen LogP contribution is 2.48. The molecule has 4 nitrogen and oxygen atoms in total. The lowest BCUT2D eigenvalue weighted by atomic mass is 9.79. The highest BCUT2D eigenvalue weighted by molar-refractivity contribution is 4.96. The lowest BCUT2D eigenvalue weighted by molar-refractivity contribution is 0.0522.